The van der Waals surface area contributed by atoms with Crippen LogP contribution in [0.25, 0.3) is 0 Å². The van der Waals surface area contributed by atoms with Crippen LogP contribution in [0.5, 0.6) is 0 Å². The molecule has 0 bridgehead atoms. The number of aromatic carboxylic acids is 1. The second-order valence-corrected chi connectivity index (χ2v) is 6.81. The Balaban J connectivity index is 1.99. The molecule has 1 aromatic heterocycles. The maximum atomic E-state index is 11.9. The van der Waals surface area contributed by atoms with Crippen molar-refractivity contribution in [2.45, 2.75) is 39.3 Å². The Kier molecular flexibility index (Phi) is 4.49. The van der Waals surface area contributed by atoms with Gasteiger partial charge in [0, 0.05) is 26.3 Å². The standard InChI is InChI=1S/C16H23N3O4/c1-10-7-17-13(6-12(10)14(20)21)18(5)11-8-19(9-11)15(22)23-16(2,3)4/h6-7,11H,8-9H2,1-5H3,(H,20,21). The molecule has 1 N–H and O–H groups in total. The van der Waals surface area contributed by atoms with Crippen molar-refractivity contribution in [3.8, 4) is 0 Å². The average Bonchev–Trinajstić information content (AvgIpc) is 2.34. The van der Waals surface area contributed by atoms with Crippen molar-refractivity contribution in [3.63, 3.8) is 0 Å². The summed E-state index contributed by atoms with van der Waals surface area (Å²) in [5.41, 5.74) is 0.354. The number of likely N-dealkylation sites (N-methyl/N-ethyl adjacent to an activating group) is 1. The normalized spacial score (nSPS) is 15.1. The molecule has 7 nitrogen and oxygen atoms in total. The first-order valence-corrected chi connectivity index (χ1v) is 7.49. The fourth-order valence-corrected chi connectivity index (χ4v) is 2.30. The van der Waals surface area contributed by atoms with Crippen molar-refractivity contribution in [1.29, 1.82) is 0 Å². The molecule has 23 heavy (non-hydrogen) atoms. The van der Waals surface area contributed by atoms with Crippen LogP contribution in [0.4, 0.5) is 10.6 Å². The van der Waals surface area contributed by atoms with E-state index in [1.807, 2.05) is 32.7 Å². The largest absolute Gasteiger partial charge is 0.478 e. The van der Waals surface area contributed by atoms with Crippen LogP contribution in [-0.2, 0) is 4.74 Å². The number of hydrogen-bond acceptors (Lipinski definition) is 5. The van der Waals surface area contributed by atoms with Crippen molar-refractivity contribution in [2.24, 2.45) is 0 Å². The fourth-order valence-electron chi connectivity index (χ4n) is 2.30. The van der Waals surface area contributed by atoms with Gasteiger partial charge < -0.3 is 19.6 Å². The number of carbonyl (C=O) groups is 2. The maximum absolute atomic E-state index is 11.9. The highest BCUT2D eigenvalue weighted by Crippen LogP contribution is 2.23. The monoisotopic (exact) mass is 321 g/mol. The molecule has 1 amide bonds. The molecule has 126 valence electrons. The summed E-state index contributed by atoms with van der Waals surface area (Å²) < 4.78 is 5.32. The van der Waals surface area contributed by atoms with Crippen LogP contribution in [0.3, 0.4) is 0 Å². The highest BCUT2D eigenvalue weighted by atomic mass is 16.6. The highest BCUT2D eigenvalue weighted by molar-refractivity contribution is 5.90. The molecule has 0 unspecified atom stereocenters. The SMILES string of the molecule is Cc1cnc(N(C)C2CN(C(=O)OC(C)(C)C)C2)cc1C(=O)O. The number of hydrogen-bond donors (Lipinski definition) is 1. The van der Waals surface area contributed by atoms with Crippen molar-refractivity contribution < 1.29 is 19.4 Å². The van der Waals surface area contributed by atoms with Gasteiger partial charge in [0.25, 0.3) is 0 Å². The fraction of sp³-hybridized carbons (Fsp3) is 0.562. The third kappa shape index (κ3) is 3.91. The summed E-state index contributed by atoms with van der Waals surface area (Å²) in [5, 5.41) is 9.19. The van der Waals surface area contributed by atoms with E-state index in [4.69, 9.17) is 4.74 Å². The van der Waals surface area contributed by atoms with E-state index in [0.29, 0.717) is 24.5 Å². The first-order chi connectivity index (χ1) is 10.6. The molecule has 2 rings (SSSR count). The van der Waals surface area contributed by atoms with Gasteiger partial charge in [-0.05, 0) is 39.3 Å². The van der Waals surface area contributed by atoms with Gasteiger partial charge in [0.15, 0.2) is 0 Å². The predicted molar refractivity (Wildman–Crippen MR) is 85.9 cm³/mol. The second-order valence-electron chi connectivity index (χ2n) is 6.81. The minimum absolute atomic E-state index is 0.0966. The molecule has 1 aliphatic heterocycles. The number of carboxylic acid groups (broad SMARTS) is 1. The van der Waals surface area contributed by atoms with Crippen LogP contribution in [0, 0.1) is 6.92 Å². The quantitative estimate of drug-likeness (QED) is 0.918. The molecule has 7 heteroatoms. The Morgan fingerprint density at radius 2 is 2.00 bits per heavy atom. The Morgan fingerprint density at radius 1 is 1.39 bits per heavy atom. The predicted octanol–water partition coefficient (Wildman–Crippen LogP) is 2.14. The van der Waals surface area contributed by atoms with E-state index in [2.05, 4.69) is 4.98 Å². The van der Waals surface area contributed by atoms with Gasteiger partial charge in [-0.1, -0.05) is 0 Å². The number of aromatic nitrogens is 1. The summed E-state index contributed by atoms with van der Waals surface area (Å²) in [6, 6.07) is 1.66. The minimum Gasteiger partial charge on any atom is -0.478 e. The van der Waals surface area contributed by atoms with Crippen LogP contribution in [0.1, 0.15) is 36.7 Å². The topological polar surface area (TPSA) is 83.0 Å². The molecule has 0 radical (unpaired) electrons. The van der Waals surface area contributed by atoms with Gasteiger partial charge in [0.05, 0.1) is 11.6 Å². The van der Waals surface area contributed by atoms with E-state index in [-0.39, 0.29) is 17.7 Å². The van der Waals surface area contributed by atoms with Crippen LogP contribution >= 0.6 is 0 Å². The van der Waals surface area contributed by atoms with Gasteiger partial charge in [-0.2, -0.15) is 0 Å². The second kappa shape index (κ2) is 6.06. The van der Waals surface area contributed by atoms with Gasteiger partial charge >= 0.3 is 12.1 Å². The van der Waals surface area contributed by atoms with Crippen molar-refractivity contribution in [1.82, 2.24) is 9.88 Å². The van der Waals surface area contributed by atoms with Crippen molar-refractivity contribution in [2.75, 3.05) is 25.0 Å². The van der Waals surface area contributed by atoms with Crippen molar-refractivity contribution in [3.05, 3.63) is 23.4 Å². The number of nitrogens with zero attached hydrogens (tertiary/aromatic N) is 3. The summed E-state index contributed by atoms with van der Waals surface area (Å²) in [6.07, 6.45) is 1.23. The van der Waals surface area contributed by atoms with E-state index in [1.54, 1.807) is 24.1 Å². The number of aryl methyl sites for hydroxylation is 1. The lowest BCUT2D eigenvalue weighted by Gasteiger charge is -2.44. The number of carbonyl (C=O) groups excluding carboxylic acids is 1. The number of carboxylic acids is 1. The Bertz CT molecular complexity index is 618. The van der Waals surface area contributed by atoms with Crippen LogP contribution in [-0.4, -0.2) is 58.8 Å². The Morgan fingerprint density at radius 3 is 2.52 bits per heavy atom. The minimum atomic E-state index is -0.969. The highest BCUT2D eigenvalue weighted by Gasteiger charge is 2.36. The molecule has 0 saturated carbocycles. The summed E-state index contributed by atoms with van der Waals surface area (Å²) in [7, 11) is 1.85. The first-order valence-electron chi connectivity index (χ1n) is 7.49. The molecule has 1 fully saturated rings. The summed E-state index contributed by atoms with van der Waals surface area (Å²) >= 11 is 0. The number of ether oxygens (including phenoxy) is 1. The maximum Gasteiger partial charge on any atom is 0.410 e. The molecular formula is C16H23N3O4. The first kappa shape index (κ1) is 17.1. The lowest BCUT2D eigenvalue weighted by molar-refractivity contribution is 0.00846. The van der Waals surface area contributed by atoms with Crippen LogP contribution in [0.15, 0.2) is 12.3 Å². The average molecular weight is 321 g/mol. The smallest absolute Gasteiger partial charge is 0.410 e. The van der Waals surface area contributed by atoms with Gasteiger partial charge in [0.1, 0.15) is 11.4 Å². The summed E-state index contributed by atoms with van der Waals surface area (Å²) in [4.78, 5) is 30.9. The molecule has 2 heterocycles. The van der Waals surface area contributed by atoms with Gasteiger partial charge in [-0.15, -0.1) is 0 Å². The van der Waals surface area contributed by atoms with Gasteiger partial charge in [0.2, 0.25) is 0 Å². The molecule has 0 spiro atoms. The zero-order valence-electron chi connectivity index (χ0n) is 14.2. The molecule has 0 aromatic carbocycles. The van der Waals surface area contributed by atoms with Crippen LogP contribution in [0.2, 0.25) is 0 Å². The summed E-state index contributed by atoms with van der Waals surface area (Å²) in [5.74, 6) is -0.384. The van der Waals surface area contributed by atoms with Crippen LogP contribution < -0.4 is 4.90 Å². The summed E-state index contributed by atoms with van der Waals surface area (Å²) in [6.45, 7) is 8.27. The van der Waals surface area contributed by atoms with Gasteiger partial charge in [-0.3, -0.25) is 0 Å². The van der Waals surface area contributed by atoms with Gasteiger partial charge in [-0.25, -0.2) is 14.6 Å². The van der Waals surface area contributed by atoms with E-state index < -0.39 is 11.6 Å². The number of anilines is 1. The molecule has 0 aliphatic carbocycles. The number of pyridine rings is 1. The molecular weight excluding hydrogens is 298 g/mol. The lowest BCUT2D eigenvalue weighted by Crippen LogP contribution is -2.61. The molecule has 1 aromatic rings. The zero-order chi connectivity index (χ0) is 17.4. The third-order valence-electron chi connectivity index (χ3n) is 3.74. The molecule has 1 aliphatic rings. The number of likely N-dealkylation sites (tertiary alicyclic amines) is 1. The van der Waals surface area contributed by atoms with E-state index in [0.717, 1.165) is 0 Å². The van der Waals surface area contributed by atoms with E-state index >= 15 is 0 Å². The van der Waals surface area contributed by atoms with E-state index in [9.17, 15) is 14.7 Å². The Labute approximate surface area is 135 Å². The number of rotatable bonds is 3. The molecule has 0 atom stereocenters. The molecule has 1 saturated heterocycles. The van der Waals surface area contributed by atoms with E-state index in [1.165, 1.54) is 0 Å². The lowest BCUT2D eigenvalue weighted by atomic mass is 10.1. The zero-order valence-corrected chi connectivity index (χ0v) is 14.2. The van der Waals surface area contributed by atoms with Crippen molar-refractivity contribution >= 4 is 17.9 Å². The number of amides is 1. The third-order valence-corrected chi connectivity index (χ3v) is 3.74. The Hall–Kier alpha value is -2.31.